The number of aliphatic hydroxyl groups is 1. The number of amides is 1. The fourth-order valence-electron chi connectivity index (χ4n) is 4.89. The number of unbranched alkanes of at least 4 members (excludes halogenated alkanes) is 1. The quantitative estimate of drug-likeness (QED) is 0.624. The number of methoxy groups -OCH3 is 1. The summed E-state index contributed by atoms with van der Waals surface area (Å²) in [5.74, 6) is 0.637. The number of ether oxygens (including phenoxy) is 1. The summed E-state index contributed by atoms with van der Waals surface area (Å²) in [7, 11) is 1.54. The molecule has 1 aromatic rings. The Kier molecular flexibility index (Phi) is 6.83. The Morgan fingerprint density at radius 2 is 2.18 bits per heavy atom. The molecule has 1 heterocycles. The van der Waals surface area contributed by atoms with Gasteiger partial charge in [0.1, 0.15) is 0 Å². The van der Waals surface area contributed by atoms with Gasteiger partial charge in [-0.1, -0.05) is 32.3 Å². The van der Waals surface area contributed by atoms with Crippen molar-refractivity contribution in [2.24, 2.45) is 5.92 Å². The molecule has 2 aliphatic rings. The number of hydrogen-bond acceptors (Lipinski definition) is 5. The molecule has 1 aliphatic carbocycles. The lowest BCUT2D eigenvalue weighted by molar-refractivity contribution is -0.137. The Labute approximate surface area is 167 Å². The molecule has 6 heteroatoms. The van der Waals surface area contributed by atoms with Crippen LogP contribution in [0.15, 0.2) is 18.2 Å². The lowest BCUT2D eigenvalue weighted by Gasteiger charge is -2.52. The van der Waals surface area contributed by atoms with Crippen LogP contribution in [0.5, 0.6) is 11.5 Å². The third-order valence-electron chi connectivity index (χ3n) is 6.42. The predicted octanol–water partition coefficient (Wildman–Crippen LogP) is 2.99. The first-order chi connectivity index (χ1) is 13.5. The van der Waals surface area contributed by atoms with E-state index >= 15 is 0 Å². The summed E-state index contributed by atoms with van der Waals surface area (Å²) in [4.78, 5) is 14.7. The molecule has 156 valence electrons. The van der Waals surface area contributed by atoms with Crippen molar-refractivity contribution in [2.75, 3.05) is 26.7 Å². The van der Waals surface area contributed by atoms with Gasteiger partial charge in [-0.3, -0.25) is 9.69 Å². The van der Waals surface area contributed by atoms with E-state index in [0.29, 0.717) is 31.8 Å². The van der Waals surface area contributed by atoms with E-state index < -0.39 is 5.60 Å². The lowest BCUT2D eigenvalue weighted by atomic mass is 9.66. The summed E-state index contributed by atoms with van der Waals surface area (Å²) in [6.45, 7) is 3.81. The van der Waals surface area contributed by atoms with Crippen LogP contribution in [0.25, 0.3) is 0 Å². The number of hydrogen-bond donors (Lipinski definition) is 3. The van der Waals surface area contributed by atoms with Crippen LogP contribution in [0.3, 0.4) is 0 Å². The molecule has 1 aliphatic heterocycles. The Balaban J connectivity index is 1.86. The Morgan fingerprint density at radius 1 is 1.36 bits per heavy atom. The second-order valence-electron chi connectivity index (χ2n) is 8.26. The smallest absolute Gasteiger partial charge is 0.234 e. The third-order valence-corrected chi connectivity index (χ3v) is 6.42. The van der Waals surface area contributed by atoms with Crippen LogP contribution in [0.1, 0.15) is 63.5 Å². The number of aromatic hydroxyl groups is 1. The Hall–Kier alpha value is -1.79. The van der Waals surface area contributed by atoms with Crippen LogP contribution in [0.2, 0.25) is 0 Å². The van der Waals surface area contributed by atoms with Gasteiger partial charge in [0.15, 0.2) is 11.5 Å². The Morgan fingerprint density at radius 3 is 2.93 bits per heavy atom. The molecule has 1 aromatic carbocycles. The highest BCUT2D eigenvalue weighted by Crippen LogP contribution is 2.49. The fraction of sp³-hybridized carbons (Fsp3) is 0.682. The Bertz CT molecular complexity index is 681. The monoisotopic (exact) mass is 390 g/mol. The number of benzene rings is 1. The van der Waals surface area contributed by atoms with E-state index in [1.807, 2.05) is 12.1 Å². The van der Waals surface area contributed by atoms with E-state index in [2.05, 4.69) is 17.1 Å². The van der Waals surface area contributed by atoms with Crippen LogP contribution in [-0.4, -0.2) is 53.4 Å². The number of likely N-dealkylation sites (tertiary alicyclic amines) is 1. The van der Waals surface area contributed by atoms with Gasteiger partial charge >= 0.3 is 0 Å². The standard InChI is InChI=1S/C22H34N2O4/c1-3-4-12-23-20(26)15-24-13-11-22(27)10-6-5-7-17(22)21(24)16-8-9-18(25)19(14-16)28-2/h8-9,14,17,21,25,27H,3-7,10-13,15H2,1-2H3,(H,23,26)/t17-,21-,22-/m1/s1. The molecule has 0 bridgehead atoms. The van der Waals surface area contributed by atoms with Gasteiger partial charge in [0.05, 0.1) is 19.3 Å². The number of fused-ring (bicyclic) bond motifs is 1. The molecule has 2 fully saturated rings. The highest BCUT2D eigenvalue weighted by atomic mass is 16.5. The van der Waals surface area contributed by atoms with E-state index in [1.165, 1.54) is 7.11 Å². The summed E-state index contributed by atoms with van der Waals surface area (Å²) in [5.41, 5.74) is 0.310. The summed E-state index contributed by atoms with van der Waals surface area (Å²) in [5, 5.41) is 24.3. The molecule has 0 spiro atoms. The van der Waals surface area contributed by atoms with Crippen LogP contribution < -0.4 is 10.1 Å². The molecule has 0 unspecified atom stereocenters. The van der Waals surface area contributed by atoms with Crippen LogP contribution in [0.4, 0.5) is 0 Å². The average molecular weight is 391 g/mol. The molecule has 3 atom stereocenters. The maximum Gasteiger partial charge on any atom is 0.234 e. The highest BCUT2D eigenvalue weighted by Gasteiger charge is 2.49. The first-order valence-corrected chi connectivity index (χ1v) is 10.6. The number of carbonyl (C=O) groups is 1. The van der Waals surface area contributed by atoms with Gasteiger partial charge in [-0.2, -0.15) is 0 Å². The van der Waals surface area contributed by atoms with Gasteiger partial charge in [-0.25, -0.2) is 0 Å². The topological polar surface area (TPSA) is 82.0 Å². The molecule has 28 heavy (non-hydrogen) atoms. The van der Waals surface area contributed by atoms with Gasteiger partial charge in [0, 0.05) is 25.0 Å². The number of piperidine rings is 1. The minimum atomic E-state index is -0.677. The third kappa shape index (κ3) is 4.44. The minimum absolute atomic E-state index is 0.0328. The van der Waals surface area contributed by atoms with Crippen LogP contribution in [0, 0.1) is 5.92 Å². The van der Waals surface area contributed by atoms with Crippen molar-refractivity contribution in [1.82, 2.24) is 10.2 Å². The molecule has 0 radical (unpaired) electrons. The molecule has 3 rings (SSSR count). The number of carbonyl (C=O) groups excluding carboxylic acids is 1. The first-order valence-electron chi connectivity index (χ1n) is 10.6. The minimum Gasteiger partial charge on any atom is -0.504 e. The SMILES string of the molecule is CCCCNC(=O)CN1CC[C@]2(O)CCCC[C@@H]2[C@H]1c1ccc(O)c(OC)c1. The average Bonchev–Trinajstić information content (AvgIpc) is 2.69. The summed E-state index contributed by atoms with van der Waals surface area (Å²) < 4.78 is 5.31. The fourth-order valence-corrected chi connectivity index (χ4v) is 4.89. The number of rotatable bonds is 7. The van der Waals surface area contributed by atoms with E-state index in [0.717, 1.165) is 44.1 Å². The zero-order chi connectivity index (χ0) is 20.1. The number of nitrogens with zero attached hydrogens (tertiary/aromatic N) is 1. The highest BCUT2D eigenvalue weighted by molar-refractivity contribution is 5.78. The molecular formula is C22H34N2O4. The van der Waals surface area contributed by atoms with Crippen molar-refractivity contribution in [3.63, 3.8) is 0 Å². The van der Waals surface area contributed by atoms with Crippen molar-refractivity contribution < 1.29 is 19.7 Å². The van der Waals surface area contributed by atoms with Gasteiger partial charge in [-0.05, 0) is 43.4 Å². The normalized spacial score (nSPS) is 27.8. The number of phenolic OH excluding ortho intramolecular Hbond substituents is 1. The van der Waals surface area contributed by atoms with Crippen molar-refractivity contribution in [1.29, 1.82) is 0 Å². The van der Waals surface area contributed by atoms with Crippen molar-refractivity contribution in [3.8, 4) is 11.5 Å². The van der Waals surface area contributed by atoms with E-state index in [1.54, 1.807) is 6.07 Å². The van der Waals surface area contributed by atoms with Gasteiger partial charge in [-0.15, -0.1) is 0 Å². The van der Waals surface area contributed by atoms with E-state index in [9.17, 15) is 15.0 Å². The molecule has 0 aromatic heterocycles. The van der Waals surface area contributed by atoms with E-state index in [-0.39, 0.29) is 23.6 Å². The van der Waals surface area contributed by atoms with Crippen molar-refractivity contribution in [3.05, 3.63) is 23.8 Å². The first kappa shape index (κ1) is 20.9. The molecule has 1 saturated heterocycles. The zero-order valence-corrected chi connectivity index (χ0v) is 17.1. The maximum absolute atomic E-state index is 12.5. The van der Waals surface area contributed by atoms with Crippen molar-refractivity contribution in [2.45, 2.75) is 63.5 Å². The number of phenols is 1. The van der Waals surface area contributed by atoms with Gasteiger partial charge in [0.25, 0.3) is 0 Å². The zero-order valence-electron chi connectivity index (χ0n) is 17.1. The molecular weight excluding hydrogens is 356 g/mol. The lowest BCUT2D eigenvalue weighted by Crippen LogP contribution is -2.56. The number of nitrogens with one attached hydrogen (secondary N) is 1. The molecule has 1 saturated carbocycles. The second kappa shape index (κ2) is 9.14. The van der Waals surface area contributed by atoms with Crippen LogP contribution >= 0.6 is 0 Å². The predicted molar refractivity (Wildman–Crippen MR) is 108 cm³/mol. The van der Waals surface area contributed by atoms with Gasteiger partial charge < -0.3 is 20.3 Å². The van der Waals surface area contributed by atoms with Crippen LogP contribution in [-0.2, 0) is 4.79 Å². The van der Waals surface area contributed by atoms with Crippen molar-refractivity contribution >= 4 is 5.91 Å². The summed E-state index contributed by atoms with van der Waals surface area (Å²) in [6, 6.07) is 5.32. The molecule has 1 amide bonds. The largest absolute Gasteiger partial charge is 0.504 e. The van der Waals surface area contributed by atoms with Gasteiger partial charge in [0.2, 0.25) is 5.91 Å². The molecule has 3 N–H and O–H groups in total. The maximum atomic E-state index is 12.5. The summed E-state index contributed by atoms with van der Waals surface area (Å²) >= 11 is 0. The second-order valence-corrected chi connectivity index (χ2v) is 8.26. The van der Waals surface area contributed by atoms with E-state index in [4.69, 9.17) is 4.74 Å². The molecule has 6 nitrogen and oxygen atoms in total. The summed E-state index contributed by atoms with van der Waals surface area (Å²) in [6.07, 6.45) is 6.64.